The Hall–Kier alpha value is -2.00. The van der Waals surface area contributed by atoms with Gasteiger partial charge in [0.05, 0.1) is 7.11 Å². The first-order chi connectivity index (χ1) is 15.2. The lowest BCUT2D eigenvalue weighted by Gasteiger charge is -2.32. The van der Waals surface area contributed by atoms with Crippen molar-refractivity contribution in [3.63, 3.8) is 0 Å². The average Bonchev–Trinajstić information content (AvgIpc) is 2.82. The number of hydrogen-bond acceptors (Lipinski definition) is 4. The monoisotopic (exact) mass is 552 g/mol. The molecule has 7 heteroatoms. The fourth-order valence-corrected chi connectivity index (χ4v) is 3.87. The van der Waals surface area contributed by atoms with E-state index in [9.17, 15) is 0 Å². The topological polar surface area (TPSA) is 58.1 Å². The lowest BCUT2D eigenvalue weighted by molar-refractivity contribution is 0.206. The van der Waals surface area contributed by atoms with Gasteiger partial charge in [0.2, 0.25) is 0 Å². The van der Waals surface area contributed by atoms with E-state index in [0.717, 1.165) is 54.5 Å². The van der Waals surface area contributed by atoms with Crippen molar-refractivity contribution in [1.29, 1.82) is 0 Å². The number of rotatable bonds is 9. The van der Waals surface area contributed by atoms with E-state index in [1.54, 1.807) is 7.11 Å². The quantitative estimate of drug-likeness (QED) is 0.274. The van der Waals surface area contributed by atoms with E-state index in [1.807, 2.05) is 37.4 Å². The minimum Gasteiger partial charge on any atom is -0.493 e. The molecule has 1 aliphatic rings. The Morgan fingerprint density at radius 1 is 1.06 bits per heavy atom. The molecule has 2 N–H and O–H groups in total. The molecule has 2 aromatic carbocycles. The van der Waals surface area contributed by atoms with Gasteiger partial charge in [0.25, 0.3) is 0 Å². The number of benzene rings is 2. The summed E-state index contributed by atoms with van der Waals surface area (Å²) in [4.78, 5) is 6.94. The van der Waals surface area contributed by atoms with Gasteiger partial charge in [-0.1, -0.05) is 43.3 Å². The van der Waals surface area contributed by atoms with Gasteiger partial charge < -0.3 is 25.0 Å². The Morgan fingerprint density at radius 2 is 1.81 bits per heavy atom. The SMILES string of the molecule is CCCN1CCC(NC(=NC)NCc2ccc(OCc3ccccc3)c(OC)c2)CC1.I. The summed E-state index contributed by atoms with van der Waals surface area (Å²) < 4.78 is 11.5. The smallest absolute Gasteiger partial charge is 0.191 e. The molecule has 2 aromatic rings. The van der Waals surface area contributed by atoms with E-state index < -0.39 is 0 Å². The fraction of sp³-hybridized carbons (Fsp3) is 0.480. The fourth-order valence-electron chi connectivity index (χ4n) is 3.87. The van der Waals surface area contributed by atoms with Crippen LogP contribution >= 0.6 is 24.0 Å². The zero-order valence-electron chi connectivity index (χ0n) is 19.5. The molecule has 0 bridgehead atoms. The molecule has 1 heterocycles. The Balaban J connectivity index is 0.00000363. The van der Waals surface area contributed by atoms with Crippen molar-refractivity contribution in [2.45, 2.75) is 45.4 Å². The highest BCUT2D eigenvalue weighted by molar-refractivity contribution is 14.0. The molecular formula is C25H37IN4O2. The number of hydrogen-bond donors (Lipinski definition) is 2. The second-order valence-electron chi connectivity index (χ2n) is 7.95. The van der Waals surface area contributed by atoms with Gasteiger partial charge in [0, 0.05) is 32.7 Å². The first kappa shape index (κ1) is 26.3. The summed E-state index contributed by atoms with van der Waals surface area (Å²) in [6.07, 6.45) is 3.53. The number of nitrogens with zero attached hydrogens (tertiary/aromatic N) is 2. The van der Waals surface area contributed by atoms with Gasteiger partial charge in [-0.15, -0.1) is 24.0 Å². The Labute approximate surface area is 209 Å². The van der Waals surface area contributed by atoms with Gasteiger partial charge in [-0.2, -0.15) is 0 Å². The zero-order chi connectivity index (χ0) is 21.9. The van der Waals surface area contributed by atoms with E-state index in [1.165, 1.54) is 13.0 Å². The summed E-state index contributed by atoms with van der Waals surface area (Å²) in [5, 5.41) is 7.00. The van der Waals surface area contributed by atoms with Crippen LogP contribution in [-0.4, -0.2) is 50.7 Å². The van der Waals surface area contributed by atoms with Crippen LogP contribution in [0.1, 0.15) is 37.3 Å². The zero-order valence-corrected chi connectivity index (χ0v) is 21.8. The van der Waals surface area contributed by atoms with Crippen molar-refractivity contribution >= 4 is 29.9 Å². The highest BCUT2D eigenvalue weighted by Crippen LogP contribution is 2.28. The van der Waals surface area contributed by atoms with Crippen LogP contribution in [-0.2, 0) is 13.2 Å². The molecule has 0 aliphatic carbocycles. The molecule has 0 amide bonds. The number of nitrogens with one attached hydrogen (secondary N) is 2. The average molecular weight is 553 g/mol. The minimum absolute atomic E-state index is 0. The van der Waals surface area contributed by atoms with Crippen LogP contribution in [0.3, 0.4) is 0 Å². The van der Waals surface area contributed by atoms with Crippen molar-refractivity contribution < 1.29 is 9.47 Å². The molecule has 1 fully saturated rings. The van der Waals surface area contributed by atoms with Crippen LogP contribution in [0.5, 0.6) is 11.5 Å². The van der Waals surface area contributed by atoms with Crippen LogP contribution in [0.25, 0.3) is 0 Å². The largest absolute Gasteiger partial charge is 0.493 e. The molecule has 0 unspecified atom stereocenters. The highest BCUT2D eigenvalue weighted by Gasteiger charge is 2.19. The summed E-state index contributed by atoms with van der Waals surface area (Å²) >= 11 is 0. The van der Waals surface area contributed by atoms with Crippen molar-refractivity contribution in [3.8, 4) is 11.5 Å². The third-order valence-corrected chi connectivity index (χ3v) is 5.62. The first-order valence-electron chi connectivity index (χ1n) is 11.2. The molecule has 6 nitrogen and oxygen atoms in total. The van der Waals surface area contributed by atoms with E-state index in [2.05, 4.69) is 45.6 Å². The number of ether oxygens (including phenoxy) is 2. The summed E-state index contributed by atoms with van der Waals surface area (Å²) in [7, 11) is 3.50. The molecule has 176 valence electrons. The second-order valence-corrected chi connectivity index (χ2v) is 7.95. The Morgan fingerprint density at radius 3 is 2.47 bits per heavy atom. The summed E-state index contributed by atoms with van der Waals surface area (Å²) in [5.41, 5.74) is 2.25. The molecular weight excluding hydrogens is 515 g/mol. The minimum atomic E-state index is 0. The third kappa shape index (κ3) is 8.16. The molecule has 32 heavy (non-hydrogen) atoms. The van der Waals surface area contributed by atoms with Gasteiger partial charge in [-0.3, -0.25) is 4.99 Å². The number of piperidine rings is 1. The van der Waals surface area contributed by atoms with Crippen molar-refractivity contribution in [3.05, 3.63) is 59.7 Å². The first-order valence-corrected chi connectivity index (χ1v) is 11.2. The predicted octanol–water partition coefficient (Wildman–Crippen LogP) is 4.43. The molecule has 0 spiro atoms. The molecule has 0 atom stereocenters. The van der Waals surface area contributed by atoms with Crippen LogP contribution in [0.2, 0.25) is 0 Å². The van der Waals surface area contributed by atoms with Gasteiger partial charge in [0.1, 0.15) is 6.61 Å². The molecule has 3 rings (SSSR count). The summed E-state index contributed by atoms with van der Waals surface area (Å²) in [6.45, 7) is 6.94. The van der Waals surface area contributed by atoms with Crippen molar-refractivity contribution in [1.82, 2.24) is 15.5 Å². The number of guanidine groups is 1. The summed E-state index contributed by atoms with van der Waals surface area (Å²) in [5.74, 6) is 2.33. The van der Waals surface area contributed by atoms with Crippen LogP contribution < -0.4 is 20.1 Å². The standard InChI is InChI=1S/C25H36N4O2.HI/c1-4-14-29-15-12-22(13-16-29)28-25(26-2)27-18-21-10-11-23(24(17-21)30-3)31-19-20-8-6-5-7-9-20;/h5-11,17,22H,4,12-16,18-19H2,1-3H3,(H2,26,27,28);1H. The highest BCUT2D eigenvalue weighted by atomic mass is 127. The molecule has 0 radical (unpaired) electrons. The van der Waals surface area contributed by atoms with E-state index >= 15 is 0 Å². The normalized spacial score (nSPS) is 15.0. The maximum absolute atomic E-state index is 5.96. The molecule has 0 saturated carbocycles. The van der Waals surface area contributed by atoms with Crippen molar-refractivity contribution in [2.75, 3.05) is 33.8 Å². The maximum Gasteiger partial charge on any atom is 0.191 e. The lowest BCUT2D eigenvalue weighted by Crippen LogP contribution is -2.48. The van der Waals surface area contributed by atoms with Crippen LogP contribution in [0.4, 0.5) is 0 Å². The van der Waals surface area contributed by atoms with Crippen LogP contribution in [0.15, 0.2) is 53.5 Å². The van der Waals surface area contributed by atoms with Gasteiger partial charge in [0.15, 0.2) is 17.5 Å². The number of halogens is 1. The Bertz CT molecular complexity index is 824. The number of aliphatic imine (C=N–C) groups is 1. The molecule has 1 aliphatic heterocycles. The summed E-state index contributed by atoms with van der Waals surface area (Å²) in [6, 6.07) is 16.7. The van der Waals surface area contributed by atoms with Crippen molar-refractivity contribution in [2.24, 2.45) is 4.99 Å². The van der Waals surface area contributed by atoms with Crippen LogP contribution in [0, 0.1) is 0 Å². The van der Waals surface area contributed by atoms with E-state index in [0.29, 0.717) is 19.2 Å². The molecule has 0 aromatic heterocycles. The predicted molar refractivity (Wildman–Crippen MR) is 142 cm³/mol. The second kappa shape index (κ2) is 14.2. The van der Waals surface area contributed by atoms with Gasteiger partial charge in [-0.05, 0) is 49.1 Å². The molecule has 1 saturated heterocycles. The van der Waals surface area contributed by atoms with Gasteiger partial charge in [-0.25, -0.2) is 0 Å². The lowest BCUT2D eigenvalue weighted by atomic mass is 10.1. The third-order valence-electron chi connectivity index (χ3n) is 5.62. The number of likely N-dealkylation sites (tertiary alicyclic amines) is 1. The maximum atomic E-state index is 5.96. The Kier molecular flexibility index (Phi) is 11.7. The number of methoxy groups -OCH3 is 1. The van der Waals surface area contributed by atoms with E-state index in [-0.39, 0.29) is 24.0 Å². The van der Waals surface area contributed by atoms with Gasteiger partial charge >= 0.3 is 0 Å². The van der Waals surface area contributed by atoms with E-state index in [4.69, 9.17) is 9.47 Å².